The van der Waals surface area contributed by atoms with Crippen LogP contribution in [0.1, 0.15) is 40.5 Å². The van der Waals surface area contributed by atoms with Gasteiger partial charge in [-0.05, 0) is 26.7 Å². The third-order valence-corrected chi connectivity index (χ3v) is 2.58. The van der Waals surface area contributed by atoms with Crippen LogP contribution in [0, 0.1) is 0 Å². The van der Waals surface area contributed by atoms with Crippen LogP contribution in [0.4, 0.5) is 0 Å². The van der Waals surface area contributed by atoms with Crippen molar-refractivity contribution in [2.75, 3.05) is 19.8 Å². The van der Waals surface area contributed by atoms with Gasteiger partial charge in [-0.2, -0.15) is 0 Å². The number of aliphatic hydroxyl groups excluding tert-OH is 1. The molecule has 0 aliphatic heterocycles. The summed E-state index contributed by atoms with van der Waals surface area (Å²) in [5.41, 5.74) is 0. The van der Waals surface area contributed by atoms with E-state index in [2.05, 4.69) is 13.8 Å². The fourth-order valence-corrected chi connectivity index (χ4v) is 1.67. The monoisotopic (exact) mass is 231 g/mol. The summed E-state index contributed by atoms with van der Waals surface area (Å²) < 4.78 is 5.30. The molecule has 0 bridgehead atoms. The van der Waals surface area contributed by atoms with Gasteiger partial charge in [0.05, 0.1) is 12.7 Å². The molecule has 0 radical (unpaired) electrons. The zero-order valence-corrected chi connectivity index (χ0v) is 10.9. The van der Waals surface area contributed by atoms with Crippen LogP contribution in [-0.2, 0) is 9.53 Å². The van der Waals surface area contributed by atoms with Gasteiger partial charge in [-0.3, -0.25) is 4.79 Å². The van der Waals surface area contributed by atoms with Gasteiger partial charge >= 0.3 is 0 Å². The quantitative estimate of drug-likeness (QED) is 0.687. The van der Waals surface area contributed by atoms with Gasteiger partial charge < -0.3 is 14.7 Å². The van der Waals surface area contributed by atoms with E-state index in [1.54, 1.807) is 4.90 Å². The molecule has 0 rings (SSSR count). The number of hydrogen-bond donors (Lipinski definition) is 1. The van der Waals surface area contributed by atoms with Crippen LogP contribution in [0.3, 0.4) is 0 Å². The fraction of sp³-hybridized carbons (Fsp3) is 0.917. The first-order valence-electron chi connectivity index (χ1n) is 6.08. The number of amides is 1. The zero-order chi connectivity index (χ0) is 12.6. The summed E-state index contributed by atoms with van der Waals surface area (Å²) in [4.78, 5) is 13.6. The average molecular weight is 231 g/mol. The van der Waals surface area contributed by atoms with Gasteiger partial charge in [0, 0.05) is 12.6 Å². The molecule has 4 heteroatoms. The molecule has 0 aromatic rings. The van der Waals surface area contributed by atoms with E-state index in [4.69, 9.17) is 9.84 Å². The first-order chi connectivity index (χ1) is 7.56. The molecule has 0 saturated carbocycles. The Morgan fingerprint density at radius 2 is 1.88 bits per heavy atom. The van der Waals surface area contributed by atoms with Crippen LogP contribution in [-0.4, -0.2) is 47.8 Å². The van der Waals surface area contributed by atoms with E-state index in [1.807, 2.05) is 13.8 Å². The predicted octanol–water partition coefficient (Wildman–Crippen LogP) is 1.42. The Balaban J connectivity index is 4.32. The second kappa shape index (κ2) is 8.53. The van der Waals surface area contributed by atoms with Gasteiger partial charge in [0.1, 0.15) is 6.61 Å². The summed E-state index contributed by atoms with van der Waals surface area (Å²) in [6, 6.07) is 0.204. The predicted molar refractivity (Wildman–Crippen MR) is 64.3 cm³/mol. The molecule has 0 aliphatic rings. The number of rotatable bonds is 8. The summed E-state index contributed by atoms with van der Waals surface area (Å²) in [6.45, 7) is 8.41. The molecular formula is C12H25NO3. The van der Waals surface area contributed by atoms with Crippen LogP contribution >= 0.6 is 0 Å². The van der Waals surface area contributed by atoms with Crippen molar-refractivity contribution in [2.45, 2.75) is 52.7 Å². The average Bonchev–Trinajstić information content (AvgIpc) is 2.26. The second-order valence-electron chi connectivity index (χ2n) is 4.14. The van der Waals surface area contributed by atoms with E-state index in [0.717, 1.165) is 12.8 Å². The van der Waals surface area contributed by atoms with Crippen molar-refractivity contribution in [3.05, 3.63) is 0 Å². The number of hydrogen-bond acceptors (Lipinski definition) is 3. The van der Waals surface area contributed by atoms with E-state index in [-0.39, 0.29) is 31.3 Å². The van der Waals surface area contributed by atoms with Gasteiger partial charge in [0.25, 0.3) is 0 Å². The molecular weight excluding hydrogens is 206 g/mol. The molecule has 96 valence electrons. The van der Waals surface area contributed by atoms with Gasteiger partial charge in [-0.25, -0.2) is 0 Å². The molecule has 0 fully saturated rings. The Kier molecular flexibility index (Phi) is 8.21. The van der Waals surface area contributed by atoms with Crippen LogP contribution in [0.2, 0.25) is 0 Å². The number of carbonyl (C=O) groups excluding carboxylic acids is 1. The van der Waals surface area contributed by atoms with E-state index in [1.165, 1.54) is 0 Å². The first kappa shape index (κ1) is 15.4. The third-order valence-electron chi connectivity index (χ3n) is 2.58. The van der Waals surface area contributed by atoms with Gasteiger partial charge in [-0.1, -0.05) is 13.8 Å². The minimum atomic E-state index is -0.0311. The molecule has 0 unspecified atom stereocenters. The molecule has 0 saturated heterocycles. The highest BCUT2D eigenvalue weighted by Gasteiger charge is 2.20. The van der Waals surface area contributed by atoms with Crippen molar-refractivity contribution in [3.63, 3.8) is 0 Å². The number of nitrogens with zero attached hydrogens (tertiary/aromatic N) is 1. The molecule has 1 amide bonds. The van der Waals surface area contributed by atoms with Crippen molar-refractivity contribution >= 4 is 5.91 Å². The Labute approximate surface area is 98.6 Å². The molecule has 0 aromatic heterocycles. The van der Waals surface area contributed by atoms with Gasteiger partial charge in [0.2, 0.25) is 5.91 Å². The minimum Gasteiger partial charge on any atom is -0.395 e. The topological polar surface area (TPSA) is 49.8 Å². The molecule has 1 N–H and O–H groups in total. The molecule has 0 aromatic carbocycles. The van der Waals surface area contributed by atoms with Gasteiger partial charge in [-0.15, -0.1) is 0 Å². The normalized spacial score (nSPS) is 11.2. The van der Waals surface area contributed by atoms with Crippen molar-refractivity contribution in [2.24, 2.45) is 0 Å². The van der Waals surface area contributed by atoms with Crippen LogP contribution in [0.5, 0.6) is 0 Å². The van der Waals surface area contributed by atoms with Gasteiger partial charge in [0.15, 0.2) is 0 Å². The Hall–Kier alpha value is -0.610. The zero-order valence-electron chi connectivity index (χ0n) is 10.9. The molecule has 4 nitrogen and oxygen atoms in total. The first-order valence-corrected chi connectivity index (χ1v) is 6.08. The smallest absolute Gasteiger partial charge is 0.248 e. The lowest BCUT2D eigenvalue weighted by Crippen LogP contribution is -2.43. The van der Waals surface area contributed by atoms with Crippen molar-refractivity contribution in [1.29, 1.82) is 0 Å². The van der Waals surface area contributed by atoms with Crippen LogP contribution in [0.25, 0.3) is 0 Å². The van der Waals surface area contributed by atoms with Crippen LogP contribution < -0.4 is 0 Å². The maximum absolute atomic E-state index is 11.9. The molecule has 0 spiro atoms. The standard InChI is InChI=1S/C12H25NO3/c1-5-11(6-2)13(7-8-14)12(15)9-16-10(3)4/h10-11,14H,5-9H2,1-4H3. The van der Waals surface area contributed by atoms with E-state index in [0.29, 0.717) is 6.54 Å². The Morgan fingerprint density at radius 3 is 2.25 bits per heavy atom. The SMILES string of the molecule is CCC(CC)N(CCO)C(=O)COC(C)C. The summed E-state index contributed by atoms with van der Waals surface area (Å²) in [6.07, 6.45) is 1.87. The highest BCUT2D eigenvalue weighted by Crippen LogP contribution is 2.09. The van der Waals surface area contributed by atoms with Crippen molar-refractivity contribution in [1.82, 2.24) is 4.90 Å². The molecule has 0 atom stereocenters. The Bertz CT molecular complexity index is 191. The Morgan fingerprint density at radius 1 is 1.31 bits per heavy atom. The fourth-order valence-electron chi connectivity index (χ4n) is 1.67. The highest BCUT2D eigenvalue weighted by atomic mass is 16.5. The highest BCUT2D eigenvalue weighted by molar-refractivity contribution is 5.77. The molecule has 0 aliphatic carbocycles. The van der Waals surface area contributed by atoms with Crippen LogP contribution in [0.15, 0.2) is 0 Å². The lowest BCUT2D eigenvalue weighted by molar-refractivity contribution is -0.140. The number of aliphatic hydroxyl groups is 1. The van der Waals surface area contributed by atoms with E-state index >= 15 is 0 Å². The molecule has 16 heavy (non-hydrogen) atoms. The minimum absolute atomic E-state index is 0.00389. The summed E-state index contributed by atoms with van der Waals surface area (Å²) >= 11 is 0. The number of ether oxygens (including phenoxy) is 1. The summed E-state index contributed by atoms with van der Waals surface area (Å²) in [5, 5.41) is 8.97. The number of carbonyl (C=O) groups is 1. The summed E-state index contributed by atoms with van der Waals surface area (Å²) in [5.74, 6) is -0.0311. The second-order valence-corrected chi connectivity index (χ2v) is 4.14. The lowest BCUT2D eigenvalue weighted by atomic mass is 10.1. The van der Waals surface area contributed by atoms with E-state index in [9.17, 15) is 4.79 Å². The van der Waals surface area contributed by atoms with E-state index < -0.39 is 0 Å². The van der Waals surface area contributed by atoms with Crippen molar-refractivity contribution < 1.29 is 14.6 Å². The lowest BCUT2D eigenvalue weighted by Gasteiger charge is -2.30. The largest absolute Gasteiger partial charge is 0.395 e. The maximum Gasteiger partial charge on any atom is 0.248 e. The maximum atomic E-state index is 11.9. The third kappa shape index (κ3) is 5.47. The molecule has 0 heterocycles. The van der Waals surface area contributed by atoms with Crippen molar-refractivity contribution in [3.8, 4) is 0 Å². The summed E-state index contributed by atoms with van der Waals surface area (Å²) in [7, 11) is 0.